The number of hydrogen-bond acceptors (Lipinski definition) is 3. The van der Waals surface area contributed by atoms with E-state index in [1.807, 2.05) is 6.07 Å². The van der Waals surface area contributed by atoms with Crippen molar-refractivity contribution in [3.63, 3.8) is 0 Å². The van der Waals surface area contributed by atoms with Gasteiger partial charge in [-0.25, -0.2) is 0 Å². The van der Waals surface area contributed by atoms with Gasteiger partial charge in [-0.05, 0) is 30.4 Å². The monoisotopic (exact) mass is 382 g/mol. The maximum atomic E-state index is 12.2. The predicted octanol–water partition coefficient (Wildman–Crippen LogP) is 4.63. The Bertz CT molecular complexity index is 618. The second kappa shape index (κ2) is 6.34. The number of carbonyl (C=O) groups is 1. The minimum absolute atomic E-state index is 0.162. The van der Waals surface area contributed by atoms with Crippen LogP contribution in [-0.2, 0) is 10.2 Å². The molecule has 0 atom stereocenters. The van der Waals surface area contributed by atoms with E-state index in [9.17, 15) is 9.90 Å². The van der Waals surface area contributed by atoms with Crippen LogP contribution in [0.5, 0.6) is 11.5 Å². The van der Waals surface area contributed by atoms with Crippen LogP contribution in [0.15, 0.2) is 10.5 Å². The first-order chi connectivity index (χ1) is 11.0. The first-order valence-corrected chi connectivity index (χ1v) is 9.12. The third kappa shape index (κ3) is 2.73. The van der Waals surface area contributed by atoms with Gasteiger partial charge in [0.25, 0.3) is 0 Å². The zero-order valence-corrected chi connectivity index (χ0v) is 15.2. The number of fused-ring (bicyclic) bond motifs is 1. The molecule has 1 aromatic carbocycles. The summed E-state index contributed by atoms with van der Waals surface area (Å²) < 4.78 is 12.6. The highest BCUT2D eigenvalue weighted by molar-refractivity contribution is 9.10. The van der Waals surface area contributed by atoms with E-state index < -0.39 is 11.4 Å². The highest BCUT2D eigenvalue weighted by atomic mass is 79.9. The van der Waals surface area contributed by atoms with E-state index in [0.717, 1.165) is 46.4 Å². The average Bonchev–Trinajstić information content (AvgIpc) is 2.87. The summed E-state index contributed by atoms with van der Waals surface area (Å²) in [6.07, 6.45) is 4.10. The van der Waals surface area contributed by atoms with Crippen molar-refractivity contribution in [3.05, 3.63) is 21.7 Å². The summed E-state index contributed by atoms with van der Waals surface area (Å²) in [6, 6.07) is 1.89. The van der Waals surface area contributed by atoms with Crippen molar-refractivity contribution in [1.82, 2.24) is 0 Å². The number of hydrogen-bond donors (Lipinski definition) is 1. The molecule has 0 amide bonds. The summed E-state index contributed by atoms with van der Waals surface area (Å²) in [4.78, 5) is 12.2. The fourth-order valence-electron chi connectivity index (χ4n) is 3.89. The van der Waals surface area contributed by atoms with Crippen molar-refractivity contribution in [1.29, 1.82) is 0 Å². The summed E-state index contributed by atoms with van der Waals surface area (Å²) in [5.41, 5.74) is 1.06. The molecular formula is C18H23BrO4. The van der Waals surface area contributed by atoms with Gasteiger partial charge in [-0.3, -0.25) is 4.79 Å². The van der Waals surface area contributed by atoms with Crippen molar-refractivity contribution >= 4 is 21.9 Å². The van der Waals surface area contributed by atoms with Gasteiger partial charge in [-0.15, -0.1) is 0 Å². The van der Waals surface area contributed by atoms with E-state index in [2.05, 4.69) is 29.8 Å². The molecule has 1 aliphatic carbocycles. The van der Waals surface area contributed by atoms with Crippen molar-refractivity contribution in [2.45, 2.75) is 57.3 Å². The zero-order chi connectivity index (χ0) is 16.6. The predicted molar refractivity (Wildman–Crippen MR) is 91.6 cm³/mol. The van der Waals surface area contributed by atoms with Crippen molar-refractivity contribution in [3.8, 4) is 11.5 Å². The van der Waals surface area contributed by atoms with E-state index >= 15 is 0 Å². The molecule has 1 N–H and O–H groups in total. The van der Waals surface area contributed by atoms with E-state index in [1.54, 1.807) is 0 Å². The summed E-state index contributed by atoms with van der Waals surface area (Å²) in [5, 5.41) is 10.0. The number of halogens is 1. The molecular weight excluding hydrogens is 360 g/mol. The molecule has 5 heteroatoms. The molecule has 1 aromatic rings. The lowest BCUT2D eigenvalue weighted by molar-refractivity contribution is -0.143. The fourth-order valence-corrected chi connectivity index (χ4v) is 4.69. The van der Waals surface area contributed by atoms with E-state index in [1.165, 1.54) is 0 Å². The van der Waals surface area contributed by atoms with Crippen LogP contribution in [0, 0.1) is 0 Å². The highest BCUT2D eigenvalue weighted by Crippen LogP contribution is 2.52. The van der Waals surface area contributed by atoms with Crippen LogP contribution >= 0.6 is 15.9 Å². The number of aliphatic carboxylic acids is 1. The lowest BCUT2D eigenvalue weighted by atomic mass is 9.74. The lowest BCUT2D eigenvalue weighted by Crippen LogP contribution is -2.34. The molecule has 0 unspecified atom stereocenters. The molecule has 0 radical (unpaired) electrons. The SMILES string of the molecule is CC(C)c1c2c(cc(Br)c1C1(C(=O)O)CCCC1)OCCCO2. The van der Waals surface area contributed by atoms with Crippen LogP contribution in [0.3, 0.4) is 0 Å². The molecule has 23 heavy (non-hydrogen) atoms. The van der Waals surface area contributed by atoms with Gasteiger partial charge >= 0.3 is 5.97 Å². The molecule has 1 saturated carbocycles. The molecule has 0 aromatic heterocycles. The quantitative estimate of drug-likeness (QED) is 0.827. The standard InChI is InChI=1S/C18H23BrO4/c1-11(2)14-15(18(17(20)21)6-3-4-7-18)12(19)10-13-16(14)23-9-5-8-22-13/h10-11H,3-9H2,1-2H3,(H,20,21). The maximum Gasteiger partial charge on any atom is 0.314 e. The second-order valence-corrected chi connectivity index (χ2v) is 7.63. The Kier molecular flexibility index (Phi) is 4.59. The highest BCUT2D eigenvalue weighted by Gasteiger charge is 2.47. The molecule has 1 fully saturated rings. The summed E-state index contributed by atoms with van der Waals surface area (Å²) >= 11 is 3.63. The topological polar surface area (TPSA) is 55.8 Å². The first kappa shape index (κ1) is 16.6. The minimum atomic E-state index is -0.816. The normalized spacial score (nSPS) is 19.7. The summed E-state index contributed by atoms with van der Waals surface area (Å²) in [7, 11) is 0. The molecule has 3 rings (SSSR count). The van der Waals surface area contributed by atoms with E-state index in [4.69, 9.17) is 9.47 Å². The van der Waals surface area contributed by atoms with Crippen LogP contribution in [0.25, 0.3) is 0 Å². The van der Waals surface area contributed by atoms with Gasteiger partial charge in [0.1, 0.15) is 0 Å². The van der Waals surface area contributed by atoms with Crippen LogP contribution in [0.4, 0.5) is 0 Å². The fraction of sp³-hybridized carbons (Fsp3) is 0.611. The van der Waals surface area contributed by atoms with Crippen LogP contribution in [-0.4, -0.2) is 24.3 Å². The van der Waals surface area contributed by atoms with Gasteiger partial charge in [0, 0.05) is 16.5 Å². The molecule has 0 spiro atoms. The van der Waals surface area contributed by atoms with Crippen molar-refractivity contribution < 1.29 is 19.4 Å². The van der Waals surface area contributed by atoms with Crippen LogP contribution in [0.1, 0.15) is 63.0 Å². The third-order valence-corrected chi connectivity index (χ3v) is 5.57. The second-order valence-electron chi connectivity index (χ2n) is 6.77. The van der Waals surface area contributed by atoms with Crippen molar-refractivity contribution in [2.75, 3.05) is 13.2 Å². The molecule has 1 aliphatic heterocycles. The third-order valence-electron chi connectivity index (χ3n) is 4.95. The van der Waals surface area contributed by atoms with Gasteiger partial charge in [0.15, 0.2) is 11.5 Å². The Labute approximate surface area is 145 Å². The zero-order valence-electron chi connectivity index (χ0n) is 13.7. The summed E-state index contributed by atoms with van der Waals surface area (Å²) in [5.74, 6) is 0.894. The molecule has 4 nitrogen and oxygen atoms in total. The molecule has 0 bridgehead atoms. The minimum Gasteiger partial charge on any atom is -0.490 e. The Hall–Kier alpha value is -1.23. The smallest absolute Gasteiger partial charge is 0.314 e. The Balaban J connectivity index is 2.27. The Morgan fingerprint density at radius 1 is 1.22 bits per heavy atom. The number of carboxylic acids is 1. The van der Waals surface area contributed by atoms with Crippen LogP contribution < -0.4 is 9.47 Å². The number of benzene rings is 1. The van der Waals surface area contributed by atoms with Gasteiger partial charge in [0.05, 0.1) is 18.6 Å². The molecule has 0 saturated heterocycles. The van der Waals surface area contributed by atoms with Gasteiger partial charge in [-0.2, -0.15) is 0 Å². The van der Waals surface area contributed by atoms with Gasteiger partial charge in [0.2, 0.25) is 0 Å². The average molecular weight is 383 g/mol. The number of carboxylic acid groups (broad SMARTS) is 1. The Morgan fingerprint density at radius 3 is 2.48 bits per heavy atom. The first-order valence-electron chi connectivity index (χ1n) is 8.33. The van der Waals surface area contributed by atoms with Gasteiger partial charge in [-0.1, -0.05) is 42.6 Å². The summed E-state index contributed by atoms with van der Waals surface area (Å²) in [6.45, 7) is 5.41. The van der Waals surface area contributed by atoms with E-state index in [0.29, 0.717) is 26.1 Å². The maximum absolute atomic E-state index is 12.2. The number of ether oxygens (including phenoxy) is 2. The largest absolute Gasteiger partial charge is 0.490 e. The Morgan fingerprint density at radius 2 is 1.87 bits per heavy atom. The number of rotatable bonds is 3. The lowest BCUT2D eigenvalue weighted by Gasteiger charge is -2.31. The van der Waals surface area contributed by atoms with Crippen LogP contribution in [0.2, 0.25) is 0 Å². The van der Waals surface area contributed by atoms with Gasteiger partial charge < -0.3 is 14.6 Å². The molecule has 126 valence electrons. The van der Waals surface area contributed by atoms with Crippen molar-refractivity contribution in [2.24, 2.45) is 0 Å². The van der Waals surface area contributed by atoms with E-state index in [-0.39, 0.29) is 5.92 Å². The molecule has 1 heterocycles. The molecule has 2 aliphatic rings.